The SMILES string of the molecule is CC/C=C\C/C=C\C/C=C\C/C=C\C/C=C\CCCCCCCCCCCCCC(=O)OCC(COC(=O)CCCCCCCCCCCCC)OC(=O)CCCC/C=C\C/C=C\C/C=C\C/C=C\CC. The van der Waals surface area contributed by atoms with Crippen LogP contribution in [0, 0.1) is 0 Å². The van der Waals surface area contributed by atoms with Crippen LogP contribution in [0.5, 0.6) is 0 Å². The minimum Gasteiger partial charge on any atom is -0.462 e. The van der Waals surface area contributed by atoms with Crippen LogP contribution in [0.15, 0.2) is 109 Å². The number of carbonyl (C=O) groups is 3. The summed E-state index contributed by atoms with van der Waals surface area (Å²) in [7, 11) is 0. The van der Waals surface area contributed by atoms with Crippen molar-refractivity contribution >= 4 is 17.9 Å². The maximum absolute atomic E-state index is 12.8. The second-order valence-corrected chi connectivity index (χ2v) is 19.1. The third-order valence-corrected chi connectivity index (χ3v) is 12.3. The highest BCUT2D eigenvalue weighted by atomic mass is 16.6. The molecule has 0 saturated carbocycles. The number of rotatable bonds is 52. The Kier molecular flexibility index (Phi) is 55.4. The standard InChI is InChI=1S/C65H108O6/c1-4-7-10-13-16-19-22-24-26-27-28-29-30-31-32-33-34-35-36-37-39-40-43-46-49-52-55-58-64(67)70-61-62(60-69-63(66)57-54-51-48-45-42-21-18-15-12-9-6-3)71-65(68)59-56-53-50-47-44-41-38-25-23-20-17-14-11-8-5-2/h7-8,10-11,16-17,19-20,24-26,28-29,31-32,38,44,47,62H,4-6,9,12-15,18,21-23,27,30,33-37,39-43,45-46,48-61H2,1-3H3/b10-7-,11-8-,19-16-,20-17-,26-24-,29-28-,32-31-,38-25-,47-44-. The normalized spacial score (nSPS) is 12.9. The lowest BCUT2D eigenvalue weighted by Gasteiger charge is -2.18. The second kappa shape index (κ2) is 58.6. The van der Waals surface area contributed by atoms with E-state index in [9.17, 15) is 14.4 Å². The van der Waals surface area contributed by atoms with Crippen molar-refractivity contribution in [2.24, 2.45) is 0 Å². The lowest BCUT2D eigenvalue weighted by atomic mass is 10.0. The predicted molar refractivity (Wildman–Crippen MR) is 307 cm³/mol. The van der Waals surface area contributed by atoms with Gasteiger partial charge in [-0.15, -0.1) is 0 Å². The predicted octanol–water partition coefficient (Wildman–Crippen LogP) is 19.9. The lowest BCUT2D eigenvalue weighted by molar-refractivity contribution is -0.167. The highest BCUT2D eigenvalue weighted by Gasteiger charge is 2.19. The van der Waals surface area contributed by atoms with Crippen LogP contribution in [0.3, 0.4) is 0 Å². The van der Waals surface area contributed by atoms with E-state index in [0.29, 0.717) is 19.3 Å². The fraction of sp³-hybridized carbons (Fsp3) is 0.677. The van der Waals surface area contributed by atoms with Crippen molar-refractivity contribution in [3.8, 4) is 0 Å². The number of allylic oxidation sites excluding steroid dienone is 18. The number of hydrogen-bond donors (Lipinski definition) is 0. The zero-order valence-corrected chi connectivity index (χ0v) is 46.2. The quantitative estimate of drug-likeness (QED) is 0.0261. The molecule has 1 unspecified atom stereocenters. The maximum atomic E-state index is 12.8. The molecule has 6 nitrogen and oxygen atoms in total. The molecule has 0 aliphatic heterocycles. The Balaban J connectivity index is 4.29. The molecule has 0 N–H and O–H groups in total. The molecule has 0 aromatic heterocycles. The summed E-state index contributed by atoms with van der Waals surface area (Å²) in [5.41, 5.74) is 0. The van der Waals surface area contributed by atoms with E-state index in [1.807, 2.05) is 0 Å². The zero-order chi connectivity index (χ0) is 51.4. The highest BCUT2D eigenvalue weighted by molar-refractivity contribution is 5.71. The molecule has 6 heteroatoms. The van der Waals surface area contributed by atoms with E-state index >= 15 is 0 Å². The smallest absolute Gasteiger partial charge is 0.306 e. The van der Waals surface area contributed by atoms with Gasteiger partial charge in [-0.2, -0.15) is 0 Å². The van der Waals surface area contributed by atoms with Gasteiger partial charge in [-0.05, 0) is 103 Å². The molecule has 0 fully saturated rings. The molecular weight excluding hydrogens is 877 g/mol. The molecular formula is C65H108O6. The van der Waals surface area contributed by atoms with Gasteiger partial charge in [-0.1, -0.05) is 252 Å². The van der Waals surface area contributed by atoms with E-state index in [1.165, 1.54) is 109 Å². The van der Waals surface area contributed by atoms with Gasteiger partial charge < -0.3 is 14.2 Å². The summed E-state index contributed by atoms with van der Waals surface area (Å²) < 4.78 is 16.8. The topological polar surface area (TPSA) is 78.9 Å². The van der Waals surface area contributed by atoms with Crippen molar-refractivity contribution in [2.75, 3.05) is 13.2 Å². The van der Waals surface area contributed by atoms with Gasteiger partial charge >= 0.3 is 17.9 Å². The molecule has 0 spiro atoms. The molecule has 0 aromatic rings. The van der Waals surface area contributed by atoms with Crippen LogP contribution in [-0.2, 0) is 28.6 Å². The minimum absolute atomic E-state index is 0.0943. The van der Waals surface area contributed by atoms with Gasteiger partial charge in [-0.25, -0.2) is 0 Å². The van der Waals surface area contributed by atoms with Crippen molar-refractivity contribution in [1.29, 1.82) is 0 Å². The Morgan fingerprint density at radius 3 is 0.887 bits per heavy atom. The van der Waals surface area contributed by atoms with Crippen LogP contribution in [0.25, 0.3) is 0 Å². The van der Waals surface area contributed by atoms with Gasteiger partial charge in [0.05, 0.1) is 0 Å². The number of unbranched alkanes of at least 4 members (excludes halogenated alkanes) is 23. The van der Waals surface area contributed by atoms with Crippen molar-refractivity contribution in [1.82, 2.24) is 0 Å². The highest BCUT2D eigenvalue weighted by Crippen LogP contribution is 2.15. The third-order valence-electron chi connectivity index (χ3n) is 12.3. The van der Waals surface area contributed by atoms with Gasteiger partial charge in [-0.3, -0.25) is 14.4 Å². The second-order valence-electron chi connectivity index (χ2n) is 19.1. The molecule has 0 aliphatic carbocycles. The maximum Gasteiger partial charge on any atom is 0.306 e. The van der Waals surface area contributed by atoms with Crippen LogP contribution in [0.1, 0.15) is 265 Å². The molecule has 404 valence electrons. The van der Waals surface area contributed by atoms with E-state index < -0.39 is 6.10 Å². The van der Waals surface area contributed by atoms with E-state index in [2.05, 4.69) is 130 Å². The van der Waals surface area contributed by atoms with Gasteiger partial charge in [0, 0.05) is 19.3 Å². The Hall–Kier alpha value is -3.93. The summed E-state index contributed by atoms with van der Waals surface area (Å²) in [5, 5.41) is 0. The van der Waals surface area contributed by atoms with Crippen LogP contribution in [-0.4, -0.2) is 37.2 Å². The third kappa shape index (κ3) is 56.9. The summed E-state index contributed by atoms with van der Waals surface area (Å²) in [6, 6.07) is 0. The van der Waals surface area contributed by atoms with Gasteiger partial charge in [0.15, 0.2) is 6.10 Å². The summed E-state index contributed by atoms with van der Waals surface area (Å²) in [5.74, 6) is -0.938. The first-order valence-electron chi connectivity index (χ1n) is 29.4. The Labute approximate surface area is 438 Å². The van der Waals surface area contributed by atoms with E-state index in [-0.39, 0.29) is 37.5 Å². The molecule has 0 rings (SSSR count). The van der Waals surface area contributed by atoms with Crippen molar-refractivity contribution < 1.29 is 28.6 Å². The molecule has 1 atom stereocenters. The monoisotopic (exact) mass is 985 g/mol. The first-order valence-corrected chi connectivity index (χ1v) is 29.4. The van der Waals surface area contributed by atoms with Crippen LogP contribution in [0.4, 0.5) is 0 Å². The number of ether oxygens (including phenoxy) is 3. The average molecular weight is 986 g/mol. The molecule has 71 heavy (non-hydrogen) atoms. The van der Waals surface area contributed by atoms with Crippen molar-refractivity contribution in [2.45, 2.75) is 271 Å². The number of carbonyl (C=O) groups excluding carboxylic acids is 3. The minimum atomic E-state index is -0.800. The number of esters is 3. The first kappa shape index (κ1) is 67.1. The Morgan fingerprint density at radius 1 is 0.296 bits per heavy atom. The van der Waals surface area contributed by atoms with E-state index in [0.717, 1.165) is 109 Å². The molecule has 0 aliphatic rings. The van der Waals surface area contributed by atoms with Gasteiger partial charge in [0.2, 0.25) is 0 Å². The van der Waals surface area contributed by atoms with Crippen molar-refractivity contribution in [3.63, 3.8) is 0 Å². The molecule has 0 saturated heterocycles. The molecule has 0 amide bonds. The van der Waals surface area contributed by atoms with Crippen LogP contribution in [0.2, 0.25) is 0 Å². The molecule has 0 aromatic carbocycles. The summed E-state index contributed by atoms with van der Waals surface area (Å²) in [4.78, 5) is 38.1. The fourth-order valence-corrected chi connectivity index (χ4v) is 7.93. The van der Waals surface area contributed by atoms with Gasteiger partial charge in [0.25, 0.3) is 0 Å². The molecule has 0 radical (unpaired) electrons. The fourth-order valence-electron chi connectivity index (χ4n) is 7.93. The van der Waals surface area contributed by atoms with Crippen molar-refractivity contribution in [3.05, 3.63) is 109 Å². The largest absolute Gasteiger partial charge is 0.462 e. The zero-order valence-electron chi connectivity index (χ0n) is 46.2. The summed E-state index contributed by atoms with van der Waals surface area (Å²) in [6.45, 7) is 6.37. The van der Waals surface area contributed by atoms with Crippen LogP contribution >= 0.6 is 0 Å². The molecule has 0 heterocycles. The first-order chi connectivity index (χ1) is 35.0. The summed E-state index contributed by atoms with van der Waals surface area (Å²) in [6.07, 6.45) is 79.5. The Bertz CT molecular complexity index is 1460. The Morgan fingerprint density at radius 2 is 0.549 bits per heavy atom. The summed E-state index contributed by atoms with van der Waals surface area (Å²) >= 11 is 0. The molecule has 0 bridgehead atoms. The number of hydrogen-bond acceptors (Lipinski definition) is 6. The van der Waals surface area contributed by atoms with Crippen LogP contribution < -0.4 is 0 Å². The van der Waals surface area contributed by atoms with E-state index in [4.69, 9.17) is 14.2 Å². The van der Waals surface area contributed by atoms with Gasteiger partial charge in [0.1, 0.15) is 13.2 Å². The lowest BCUT2D eigenvalue weighted by Crippen LogP contribution is -2.30. The average Bonchev–Trinajstić information content (AvgIpc) is 3.37. The van der Waals surface area contributed by atoms with E-state index in [1.54, 1.807) is 0 Å².